The fourth-order valence-electron chi connectivity index (χ4n) is 3.13. The van der Waals surface area contributed by atoms with Gasteiger partial charge in [0.2, 0.25) is 0 Å². The quantitative estimate of drug-likeness (QED) is 0.504. The number of nitrogens with zero attached hydrogens (tertiary/aromatic N) is 1. The number of anilines is 1. The summed E-state index contributed by atoms with van der Waals surface area (Å²) in [6.07, 6.45) is 0. The van der Waals surface area contributed by atoms with Gasteiger partial charge in [0.05, 0.1) is 21.3 Å². The Morgan fingerprint density at radius 3 is 2.57 bits per heavy atom. The van der Waals surface area contributed by atoms with E-state index in [1.54, 1.807) is 17.4 Å². The van der Waals surface area contributed by atoms with E-state index >= 15 is 0 Å². The van der Waals surface area contributed by atoms with Crippen molar-refractivity contribution in [3.8, 4) is 0 Å². The van der Waals surface area contributed by atoms with Gasteiger partial charge in [0.25, 0.3) is 0 Å². The lowest BCUT2D eigenvalue weighted by atomic mass is 10.0. The van der Waals surface area contributed by atoms with Gasteiger partial charge in [-0.15, -0.1) is 11.3 Å². The van der Waals surface area contributed by atoms with Crippen molar-refractivity contribution in [2.24, 2.45) is 0 Å². The molecule has 0 aliphatic rings. The highest BCUT2D eigenvalue weighted by Gasteiger charge is 2.18. The van der Waals surface area contributed by atoms with Crippen molar-refractivity contribution in [1.82, 2.24) is 10.3 Å². The van der Waals surface area contributed by atoms with Crippen molar-refractivity contribution in [3.05, 3.63) is 71.2 Å². The maximum Gasteiger partial charge on any atom is 0.313 e. The van der Waals surface area contributed by atoms with Gasteiger partial charge in [0.15, 0.2) is 0 Å². The third-order valence-corrected chi connectivity index (χ3v) is 5.51. The van der Waals surface area contributed by atoms with Gasteiger partial charge in [-0.25, -0.2) is 4.98 Å². The molecule has 140 valence electrons. The molecular weight excluding hydrogens is 370 g/mol. The molecule has 1 unspecified atom stereocenters. The maximum atomic E-state index is 12.3. The number of hydrogen-bond acceptors (Lipinski definition) is 4. The van der Waals surface area contributed by atoms with E-state index in [-0.39, 0.29) is 6.04 Å². The summed E-state index contributed by atoms with van der Waals surface area (Å²) in [6.45, 7) is 3.80. The van der Waals surface area contributed by atoms with Crippen molar-refractivity contribution in [1.29, 1.82) is 0 Å². The molecule has 0 saturated heterocycles. The molecule has 0 aliphatic heterocycles. The smallest absolute Gasteiger partial charge is 0.313 e. The van der Waals surface area contributed by atoms with Crippen LogP contribution in [0.3, 0.4) is 0 Å². The summed E-state index contributed by atoms with van der Waals surface area (Å²) in [5.41, 5.74) is 2.41. The highest BCUT2D eigenvalue weighted by atomic mass is 32.1. The Kier molecular flexibility index (Phi) is 4.79. The Labute approximate surface area is 166 Å². The first-order valence-corrected chi connectivity index (χ1v) is 9.79. The molecule has 1 heterocycles. The number of thiazole rings is 1. The largest absolute Gasteiger partial charge is 0.341 e. The van der Waals surface area contributed by atoms with Crippen LogP contribution in [0, 0.1) is 6.92 Å². The van der Waals surface area contributed by atoms with Crippen molar-refractivity contribution < 1.29 is 9.59 Å². The lowest BCUT2D eigenvalue weighted by Gasteiger charge is -2.15. The molecule has 1 aromatic heterocycles. The van der Waals surface area contributed by atoms with E-state index in [9.17, 15) is 9.59 Å². The van der Waals surface area contributed by atoms with Crippen LogP contribution in [0.4, 0.5) is 5.69 Å². The Bertz CT molecular complexity index is 1200. The van der Waals surface area contributed by atoms with E-state index in [4.69, 9.17) is 0 Å². The number of aryl methyl sites for hydroxylation is 1. The highest BCUT2D eigenvalue weighted by molar-refractivity contribution is 7.18. The molecule has 1 atom stereocenters. The monoisotopic (exact) mass is 389 g/mol. The minimum atomic E-state index is -0.687. The van der Waals surface area contributed by atoms with Gasteiger partial charge in [-0.1, -0.05) is 36.4 Å². The SMILES string of the molecule is Cc1nc2ccc(NC(=O)C(=O)NC(C)c3ccc4ccccc4c3)cc2s1. The molecule has 0 radical (unpaired) electrons. The number of benzene rings is 3. The van der Waals surface area contributed by atoms with Crippen molar-refractivity contribution >= 4 is 49.8 Å². The van der Waals surface area contributed by atoms with Gasteiger partial charge in [-0.3, -0.25) is 9.59 Å². The zero-order chi connectivity index (χ0) is 19.7. The third kappa shape index (κ3) is 3.73. The molecule has 2 amide bonds. The molecule has 2 N–H and O–H groups in total. The summed E-state index contributed by atoms with van der Waals surface area (Å²) >= 11 is 1.55. The maximum absolute atomic E-state index is 12.3. The molecule has 4 aromatic rings. The van der Waals surface area contributed by atoms with E-state index in [2.05, 4.69) is 15.6 Å². The van der Waals surface area contributed by atoms with Crippen molar-refractivity contribution in [2.75, 3.05) is 5.32 Å². The number of amides is 2. The number of hydrogen-bond donors (Lipinski definition) is 2. The van der Waals surface area contributed by atoms with Gasteiger partial charge in [0, 0.05) is 5.69 Å². The molecular formula is C22H19N3O2S. The second-order valence-electron chi connectivity index (χ2n) is 6.67. The van der Waals surface area contributed by atoms with Crippen LogP contribution < -0.4 is 10.6 Å². The van der Waals surface area contributed by atoms with E-state index < -0.39 is 11.8 Å². The van der Waals surface area contributed by atoms with Gasteiger partial charge in [-0.05, 0) is 54.4 Å². The Morgan fingerprint density at radius 2 is 1.75 bits per heavy atom. The van der Waals surface area contributed by atoms with E-state index in [1.165, 1.54) is 0 Å². The summed E-state index contributed by atoms with van der Waals surface area (Å²) in [7, 11) is 0. The van der Waals surface area contributed by atoms with Crippen molar-refractivity contribution in [3.63, 3.8) is 0 Å². The average molecular weight is 389 g/mol. The van der Waals surface area contributed by atoms with Crippen LogP contribution in [0.2, 0.25) is 0 Å². The number of fused-ring (bicyclic) bond motifs is 2. The average Bonchev–Trinajstić information content (AvgIpc) is 3.06. The van der Waals surface area contributed by atoms with Gasteiger partial charge >= 0.3 is 11.8 Å². The van der Waals surface area contributed by atoms with Crippen LogP contribution >= 0.6 is 11.3 Å². The lowest BCUT2D eigenvalue weighted by Crippen LogP contribution is -2.36. The minimum Gasteiger partial charge on any atom is -0.341 e. The van der Waals surface area contributed by atoms with Gasteiger partial charge in [0.1, 0.15) is 0 Å². The number of aromatic nitrogens is 1. The first kappa shape index (κ1) is 18.1. The normalized spacial score (nSPS) is 12.1. The Hall–Kier alpha value is -3.25. The molecule has 0 bridgehead atoms. The van der Waals surface area contributed by atoms with Crippen LogP contribution in [0.1, 0.15) is 23.5 Å². The number of rotatable bonds is 3. The molecule has 0 fully saturated rings. The zero-order valence-electron chi connectivity index (χ0n) is 15.5. The van der Waals surface area contributed by atoms with Crippen LogP contribution in [0.25, 0.3) is 21.0 Å². The summed E-state index contributed by atoms with van der Waals surface area (Å²) in [5, 5.41) is 8.61. The molecule has 6 heteroatoms. The fourth-order valence-corrected chi connectivity index (χ4v) is 3.99. The van der Waals surface area contributed by atoms with Gasteiger partial charge in [-0.2, -0.15) is 0 Å². The minimum absolute atomic E-state index is 0.283. The zero-order valence-corrected chi connectivity index (χ0v) is 16.3. The highest BCUT2D eigenvalue weighted by Crippen LogP contribution is 2.25. The van der Waals surface area contributed by atoms with Gasteiger partial charge < -0.3 is 10.6 Å². The third-order valence-electron chi connectivity index (χ3n) is 4.58. The second kappa shape index (κ2) is 7.40. The van der Waals surface area contributed by atoms with Crippen LogP contribution in [-0.2, 0) is 9.59 Å². The first-order chi connectivity index (χ1) is 13.5. The number of carbonyl (C=O) groups is 2. The first-order valence-electron chi connectivity index (χ1n) is 8.97. The molecule has 0 aliphatic carbocycles. The van der Waals surface area contributed by atoms with Crippen LogP contribution in [0.5, 0.6) is 0 Å². The second-order valence-corrected chi connectivity index (χ2v) is 7.91. The Balaban J connectivity index is 1.44. The molecule has 28 heavy (non-hydrogen) atoms. The predicted molar refractivity (Wildman–Crippen MR) is 113 cm³/mol. The summed E-state index contributed by atoms with van der Waals surface area (Å²) in [6, 6.07) is 19.2. The van der Waals surface area contributed by atoms with E-state index in [1.807, 2.05) is 68.4 Å². The Morgan fingerprint density at radius 1 is 0.964 bits per heavy atom. The lowest BCUT2D eigenvalue weighted by molar-refractivity contribution is -0.136. The topological polar surface area (TPSA) is 71.1 Å². The molecule has 0 saturated carbocycles. The molecule has 3 aromatic carbocycles. The summed E-state index contributed by atoms with van der Waals surface area (Å²) in [5.74, 6) is -1.35. The standard InChI is InChI=1S/C22H19N3O2S/c1-13(16-8-7-15-5-3-4-6-17(15)11-16)23-21(26)22(27)25-18-9-10-19-20(12-18)28-14(2)24-19/h3-13H,1-2H3,(H,23,26)(H,25,27). The van der Waals surface area contributed by atoms with E-state index in [0.29, 0.717) is 5.69 Å². The molecule has 0 spiro atoms. The van der Waals surface area contributed by atoms with Crippen LogP contribution in [0.15, 0.2) is 60.7 Å². The predicted octanol–water partition coefficient (Wildman–Crippen LogP) is 4.57. The molecule has 5 nitrogen and oxygen atoms in total. The molecule has 4 rings (SSSR count). The number of carbonyl (C=O) groups excluding carboxylic acids is 2. The fraction of sp³-hybridized carbons (Fsp3) is 0.136. The summed E-state index contributed by atoms with van der Waals surface area (Å²) < 4.78 is 0.972. The summed E-state index contributed by atoms with van der Waals surface area (Å²) in [4.78, 5) is 29.0. The van der Waals surface area contributed by atoms with E-state index in [0.717, 1.165) is 31.6 Å². The van der Waals surface area contributed by atoms with Crippen molar-refractivity contribution in [2.45, 2.75) is 19.9 Å². The van der Waals surface area contributed by atoms with Crippen LogP contribution in [-0.4, -0.2) is 16.8 Å². The number of nitrogens with one attached hydrogen (secondary N) is 2.